The van der Waals surface area contributed by atoms with Crippen molar-refractivity contribution in [1.29, 1.82) is 0 Å². The molecule has 0 aromatic carbocycles. The van der Waals surface area contributed by atoms with E-state index in [-0.39, 0.29) is 50.7 Å². The van der Waals surface area contributed by atoms with Crippen LogP contribution in [0.5, 0.6) is 0 Å². The van der Waals surface area contributed by atoms with E-state index in [1.165, 1.54) is 11.1 Å². The Morgan fingerprint density at radius 1 is 1.23 bits per heavy atom. The number of halogens is 2. The molecule has 76 valence electrons. The minimum absolute atomic E-state index is 0. The standard InChI is InChI=1S/C10H15.2ClH.Hf/c1-8-5-6-9(7-8)10(2,3)4;;;/h7H,6H2,1-4H3;2*1H;/q-1;;;. The van der Waals surface area contributed by atoms with Crippen LogP contribution >= 0.6 is 24.8 Å². The number of rotatable bonds is 0. The average Bonchev–Trinajstić information content (AvgIpc) is 2.11. The van der Waals surface area contributed by atoms with Crippen LogP contribution in [0.15, 0.2) is 17.2 Å². The van der Waals surface area contributed by atoms with Gasteiger partial charge in [-0.2, -0.15) is 5.57 Å². The van der Waals surface area contributed by atoms with Crippen LogP contribution in [-0.2, 0) is 25.8 Å². The molecule has 0 nitrogen and oxygen atoms in total. The van der Waals surface area contributed by atoms with Gasteiger partial charge in [-0.05, 0) is 5.41 Å². The molecular formula is C10H17Cl2Hf-. The Balaban J connectivity index is -0.000000333. The zero-order valence-corrected chi connectivity index (χ0v) is 13.8. The monoisotopic (exact) mass is 387 g/mol. The minimum Gasteiger partial charge on any atom is -0.269 e. The SMILES string of the molecule is CC1=[C-]CC(C(C)(C)C)=C1.Cl.Cl.[Hf]. The summed E-state index contributed by atoms with van der Waals surface area (Å²) in [6, 6.07) is 0. The molecule has 1 aliphatic carbocycles. The Bertz CT molecular complexity index is 199. The molecule has 0 spiro atoms. The van der Waals surface area contributed by atoms with E-state index in [9.17, 15) is 0 Å². The van der Waals surface area contributed by atoms with E-state index in [2.05, 4.69) is 39.8 Å². The van der Waals surface area contributed by atoms with Crippen LogP contribution in [-0.4, -0.2) is 0 Å². The van der Waals surface area contributed by atoms with E-state index >= 15 is 0 Å². The molecule has 13 heavy (non-hydrogen) atoms. The molecule has 0 atom stereocenters. The van der Waals surface area contributed by atoms with Crippen LogP contribution in [0, 0.1) is 11.5 Å². The van der Waals surface area contributed by atoms with Gasteiger partial charge in [0.2, 0.25) is 0 Å². The Morgan fingerprint density at radius 2 is 1.69 bits per heavy atom. The van der Waals surface area contributed by atoms with Gasteiger partial charge in [-0.3, -0.25) is 6.08 Å². The molecule has 0 N–H and O–H groups in total. The zero-order chi connectivity index (χ0) is 7.78. The summed E-state index contributed by atoms with van der Waals surface area (Å²) in [5.41, 5.74) is 3.14. The fourth-order valence-electron chi connectivity index (χ4n) is 1.08. The van der Waals surface area contributed by atoms with Crippen LogP contribution in [0.25, 0.3) is 0 Å². The molecule has 0 saturated heterocycles. The van der Waals surface area contributed by atoms with Crippen molar-refractivity contribution in [3.05, 3.63) is 23.3 Å². The van der Waals surface area contributed by atoms with Crippen LogP contribution in [0.3, 0.4) is 0 Å². The molecule has 0 aliphatic heterocycles. The largest absolute Gasteiger partial charge is 0.269 e. The van der Waals surface area contributed by atoms with Gasteiger partial charge in [-0.25, -0.2) is 11.6 Å². The molecule has 0 aromatic heterocycles. The number of hydrogen-bond donors (Lipinski definition) is 0. The summed E-state index contributed by atoms with van der Waals surface area (Å²) in [5.74, 6) is 0. The van der Waals surface area contributed by atoms with Gasteiger partial charge in [-0.1, -0.05) is 27.7 Å². The van der Waals surface area contributed by atoms with Gasteiger partial charge in [0.25, 0.3) is 0 Å². The average molecular weight is 387 g/mol. The molecule has 3 heteroatoms. The van der Waals surface area contributed by atoms with Crippen molar-refractivity contribution < 1.29 is 25.8 Å². The van der Waals surface area contributed by atoms with Crippen molar-refractivity contribution in [2.45, 2.75) is 34.1 Å². The summed E-state index contributed by atoms with van der Waals surface area (Å²) >= 11 is 0. The third kappa shape index (κ3) is 6.09. The molecule has 0 aromatic rings. The summed E-state index contributed by atoms with van der Waals surface area (Å²) in [4.78, 5) is 0. The molecule has 0 saturated carbocycles. The van der Waals surface area contributed by atoms with E-state index in [0.717, 1.165) is 6.42 Å². The van der Waals surface area contributed by atoms with Crippen molar-refractivity contribution in [3.8, 4) is 0 Å². The first-order valence-corrected chi connectivity index (χ1v) is 3.78. The molecule has 0 bridgehead atoms. The Morgan fingerprint density at radius 3 is 1.85 bits per heavy atom. The summed E-state index contributed by atoms with van der Waals surface area (Å²) < 4.78 is 0. The Kier molecular flexibility index (Phi) is 10.9. The van der Waals surface area contributed by atoms with Crippen LogP contribution in [0.2, 0.25) is 0 Å². The molecule has 0 radical (unpaired) electrons. The molecule has 0 amide bonds. The van der Waals surface area contributed by atoms with E-state index in [0.29, 0.717) is 5.41 Å². The number of hydrogen-bond acceptors (Lipinski definition) is 0. The van der Waals surface area contributed by atoms with Gasteiger partial charge in [0.1, 0.15) is 0 Å². The molecule has 1 aliphatic rings. The minimum atomic E-state index is 0. The maximum Gasteiger partial charge on any atom is 0 e. The summed E-state index contributed by atoms with van der Waals surface area (Å²) in [5, 5.41) is 0. The van der Waals surface area contributed by atoms with Crippen LogP contribution in [0.1, 0.15) is 34.1 Å². The predicted octanol–water partition coefficient (Wildman–Crippen LogP) is 3.95. The molecule has 1 rings (SSSR count). The van der Waals surface area contributed by atoms with Gasteiger partial charge in [0.15, 0.2) is 0 Å². The summed E-state index contributed by atoms with van der Waals surface area (Å²) in [6.45, 7) is 8.86. The molecule has 0 fully saturated rings. The van der Waals surface area contributed by atoms with Gasteiger partial charge in [0.05, 0.1) is 0 Å². The van der Waals surface area contributed by atoms with Gasteiger partial charge in [0, 0.05) is 25.8 Å². The predicted molar refractivity (Wildman–Crippen MR) is 59.1 cm³/mol. The van der Waals surface area contributed by atoms with Crippen LogP contribution in [0.4, 0.5) is 0 Å². The molecule has 0 heterocycles. The first kappa shape index (κ1) is 19.5. The van der Waals surface area contributed by atoms with Gasteiger partial charge < -0.3 is 0 Å². The maximum absolute atomic E-state index is 3.30. The second-order valence-electron chi connectivity index (χ2n) is 3.96. The molecular weight excluding hydrogens is 370 g/mol. The third-order valence-electron chi connectivity index (χ3n) is 1.91. The normalized spacial score (nSPS) is 14.5. The van der Waals surface area contributed by atoms with E-state index in [4.69, 9.17) is 0 Å². The first-order valence-electron chi connectivity index (χ1n) is 3.78. The van der Waals surface area contributed by atoms with E-state index in [1.807, 2.05) is 0 Å². The smallest absolute Gasteiger partial charge is 0 e. The van der Waals surface area contributed by atoms with Gasteiger partial charge >= 0.3 is 0 Å². The summed E-state index contributed by atoms with van der Waals surface area (Å²) in [7, 11) is 0. The fourth-order valence-corrected chi connectivity index (χ4v) is 1.08. The van der Waals surface area contributed by atoms with Crippen molar-refractivity contribution in [1.82, 2.24) is 0 Å². The first-order chi connectivity index (χ1) is 4.50. The van der Waals surface area contributed by atoms with Crippen molar-refractivity contribution in [2.24, 2.45) is 5.41 Å². The van der Waals surface area contributed by atoms with Crippen molar-refractivity contribution in [3.63, 3.8) is 0 Å². The fraction of sp³-hybridized carbons (Fsp3) is 0.600. The van der Waals surface area contributed by atoms with Crippen molar-refractivity contribution in [2.75, 3.05) is 0 Å². The third-order valence-corrected chi connectivity index (χ3v) is 1.91. The van der Waals surface area contributed by atoms with E-state index < -0.39 is 0 Å². The topological polar surface area (TPSA) is 0 Å². The molecule has 0 unspecified atom stereocenters. The maximum atomic E-state index is 3.30. The zero-order valence-electron chi connectivity index (χ0n) is 8.60. The second-order valence-corrected chi connectivity index (χ2v) is 3.96. The van der Waals surface area contributed by atoms with E-state index in [1.54, 1.807) is 0 Å². The second kappa shape index (κ2) is 7.25. The Hall–Kier alpha value is 0.930. The summed E-state index contributed by atoms with van der Waals surface area (Å²) in [6.07, 6.45) is 6.59. The van der Waals surface area contributed by atoms with Crippen LogP contribution < -0.4 is 0 Å². The number of allylic oxidation sites excluding steroid dienone is 4. The quantitative estimate of drug-likeness (QED) is 0.437. The Labute approximate surface area is 113 Å². The van der Waals surface area contributed by atoms with Gasteiger partial charge in [-0.15, -0.1) is 31.2 Å². The van der Waals surface area contributed by atoms with Crippen molar-refractivity contribution >= 4 is 24.8 Å².